The molecular weight excluding hydrogens is 259 g/mol. The lowest BCUT2D eigenvalue weighted by molar-refractivity contribution is 0.130. The first kappa shape index (κ1) is 12.6. The molecule has 3 nitrogen and oxygen atoms in total. The zero-order chi connectivity index (χ0) is 11.6. The molecule has 1 rings (SSSR count). The molecule has 0 radical (unpaired) electrons. The van der Waals surface area contributed by atoms with Crippen LogP contribution in [-0.2, 0) is 0 Å². The van der Waals surface area contributed by atoms with Crippen molar-refractivity contribution < 1.29 is 14.8 Å². The minimum absolute atomic E-state index is 0.276. The van der Waals surface area contributed by atoms with Gasteiger partial charge in [-0.1, -0.05) is 6.07 Å². The van der Waals surface area contributed by atoms with Gasteiger partial charge in [0, 0.05) is 0 Å². The lowest BCUT2D eigenvalue weighted by atomic mass is 9.80. The molecule has 0 aliphatic rings. The van der Waals surface area contributed by atoms with E-state index >= 15 is 0 Å². The molecule has 0 spiro atoms. The van der Waals surface area contributed by atoms with Crippen molar-refractivity contribution in [3.63, 3.8) is 0 Å². The Hall–Kier alpha value is -0.515. The maximum Gasteiger partial charge on any atom is 0.488 e. The molecule has 0 fully saturated rings. The summed E-state index contributed by atoms with van der Waals surface area (Å²) in [5, 5.41) is 17.9. The Morgan fingerprint density at radius 1 is 1.27 bits per heavy atom. The Morgan fingerprint density at radius 2 is 1.87 bits per heavy atom. The highest BCUT2D eigenvalue weighted by molar-refractivity contribution is 9.10. The SMILES string of the molecule is CC(C)(C)Oc1ccc(B(O)O)cc1Br. The van der Waals surface area contributed by atoms with Gasteiger partial charge in [-0.3, -0.25) is 0 Å². The number of benzene rings is 1. The second kappa shape index (κ2) is 4.55. The second-order valence-corrected chi connectivity index (χ2v) is 5.13. The number of halogens is 1. The standard InChI is InChI=1S/C10H14BBrO3/c1-10(2,3)15-9-5-4-7(11(13)14)6-8(9)12/h4-6,13-14H,1-3H3. The van der Waals surface area contributed by atoms with Crippen molar-refractivity contribution in [2.45, 2.75) is 26.4 Å². The maximum atomic E-state index is 8.97. The Kier molecular flexibility index (Phi) is 3.81. The molecular formula is C10H14BBrO3. The van der Waals surface area contributed by atoms with E-state index in [1.54, 1.807) is 18.2 Å². The molecule has 0 unspecified atom stereocenters. The summed E-state index contributed by atoms with van der Waals surface area (Å²) >= 11 is 3.32. The summed E-state index contributed by atoms with van der Waals surface area (Å²) in [6.45, 7) is 5.86. The van der Waals surface area contributed by atoms with Crippen LogP contribution in [0.1, 0.15) is 20.8 Å². The summed E-state index contributed by atoms with van der Waals surface area (Å²) in [5.41, 5.74) is 0.158. The first-order chi connectivity index (χ1) is 6.79. The molecule has 15 heavy (non-hydrogen) atoms. The van der Waals surface area contributed by atoms with E-state index in [0.717, 1.165) is 0 Å². The van der Waals surface area contributed by atoms with Crippen molar-refractivity contribution in [1.29, 1.82) is 0 Å². The average molecular weight is 273 g/mol. The maximum absolute atomic E-state index is 8.97. The van der Waals surface area contributed by atoms with Gasteiger partial charge in [0.2, 0.25) is 0 Å². The van der Waals surface area contributed by atoms with Crippen LogP contribution in [0.15, 0.2) is 22.7 Å². The third-order valence-corrected chi connectivity index (χ3v) is 2.29. The van der Waals surface area contributed by atoms with Crippen molar-refractivity contribution in [3.05, 3.63) is 22.7 Å². The van der Waals surface area contributed by atoms with Crippen molar-refractivity contribution in [1.82, 2.24) is 0 Å². The van der Waals surface area contributed by atoms with Crippen LogP contribution in [0.3, 0.4) is 0 Å². The van der Waals surface area contributed by atoms with Gasteiger partial charge >= 0.3 is 7.12 Å². The third kappa shape index (κ3) is 3.85. The van der Waals surface area contributed by atoms with Gasteiger partial charge in [0.25, 0.3) is 0 Å². The van der Waals surface area contributed by atoms with Crippen molar-refractivity contribution in [3.8, 4) is 5.75 Å². The number of ether oxygens (including phenoxy) is 1. The van der Waals surface area contributed by atoms with Gasteiger partial charge in [-0.15, -0.1) is 0 Å². The minimum Gasteiger partial charge on any atom is -0.487 e. The predicted molar refractivity (Wildman–Crippen MR) is 64.3 cm³/mol. The van der Waals surface area contributed by atoms with E-state index in [0.29, 0.717) is 15.7 Å². The van der Waals surface area contributed by atoms with Gasteiger partial charge in [0.05, 0.1) is 4.47 Å². The lowest BCUT2D eigenvalue weighted by Crippen LogP contribution is -2.30. The van der Waals surface area contributed by atoms with Crippen LogP contribution in [0.25, 0.3) is 0 Å². The molecule has 0 aliphatic heterocycles. The molecule has 0 bridgehead atoms. The summed E-state index contributed by atoms with van der Waals surface area (Å²) < 4.78 is 6.37. The second-order valence-electron chi connectivity index (χ2n) is 4.28. The van der Waals surface area contributed by atoms with E-state index in [-0.39, 0.29) is 5.60 Å². The monoisotopic (exact) mass is 272 g/mol. The fourth-order valence-corrected chi connectivity index (χ4v) is 1.57. The fourth-order valence-electron chi connectivity index (χ4n) is 1.09. The van der Waals surface area contributed by atoms with Gasteiger partial charge in [-0.05, 0) is 54.3 Å². The topological polar surface area (TPSA) is 49.7 Å². The molecule has 0 atom stereocenters. The zero-order valence-electron chi connectivity index (χ0n) is 8.99. The smallest absolute Gasteiger partial charge is 0.487 e. The van der Waals surface area contributed by atoms with Crippen molar-refractivity contribution >= 4 is 28.5 Å². The molecule has 2 N–H and O–H groups in total. The van der Waals surface area contributed by atoms with E-state index in [1.807, 2.05) is 20.8 Å². The quantitative estimate of drug-likeness (QED) is 0.798. The van der Waals surface area contributed by atoms with Gasteiger partial charge in [-0.2, -0.15) is 0 Å². The molecule has 0 amide bonds. The average Bonchev–Trinajstić information content (AvgIpc) is 2.05. The summed E-state index contributed by atoms with van der Waals surface area (Å²) in [4.78, 5) is 0. The van der Waals surface area contributed by atoms with Crippen LogP contribution in [0.2, 0.25) is 0 Å². The summed E-state index contributed by atoms with van der Waals surface area (Å²) in [7, 11) is -1.45. The zero-order valence-corrected chi connectivity index (χ0v) is 10.6. The van der Waals surface area contributed by atoms with E-state index in [4.69, 9.17) is 14.8 Å². The molecule has 0 aliphatic carbocycles. The Labute approximate surface area is 98.4 Å². The first-order valence-corrected chi connectivity index (χ1v) is 5.43. The number of hydrogen-bond acceptors (Lipinski definition) is 3. The predicted octanol–water partition coefficient (Wildman–Crippen LogP) is 1.31. The van der Waals surface area contributed by atoms with Crippen molar-refractivity contribution in [2.24, 2.45) is 0 Å². The van der Waals surface area contributed by atoms with Crippen molar-refractivity contribution in [2.75, 3.05) is 0 Å². The first-order valence-electron chi connectivity index (χ1n) is 4.64. The van der Waals surface area contributed by atoms with Crippen LogP contribution >= 0.6 is 15.9 Å². The third-order valence-electron chi connectivity index (χ3n) is 1.67. The van der Waals surface area contributed by atoms with Gasteiger partial charge < -0.3 is 14.8 Å². The normalized spacial score (nSPS) is 11.3. The Bertz CT molecular complexity index is 347. The van der Waals surface area contributed by atoms with Crippen LogP contribution in [0, 0.1) is 0 Å². The largest absolute Gasteiger partial charge is 0.488 e. The van der Waals surface area contributed by atoms with Crippen LogP contribution in [0.5, 0.6) is 5.75 Å². The van der Waals surface area contributed by atoms with Gasteiger partial charge in [-0.25, -0.2) is 0 Å². The highest BCUT2D eigenvalue weighted by Crippen LogP contribution is 2.26. The van der Waals surface area contributed by atoms with E-state index < -0.39 is 7.12 Å². The molecule has 5 heteroatoms. The van der Waals surface area contributed by atoms with Gasteiger partial charge in [0.15, 0.2) is 0 Å². The summed E-state index contributed by atoms with van der Waals surface area (Å²) in [6.07, 6.45) is 0. The molecule has 0 heterocycles. The highest BCUT2D eigenvalue weighted by atomic mass is 79.9. The Morgan fingerprint density at radius 3 is 2.27 bits per heavy atom. The van der Waals surface area contributed by atoms with E-state index in [9.17, 15) is 0 Å². The molecule has 82 valence electrons. The van der Waals surface area contributed by atoms with Crippen LogP contribution in [-0.4, -0.2) is 22.8 Å². The fraction of sp³-hybridized carbons (Fsp3) is 0.400. The van der Waals surface area contributed by atoms with Crippen LogP contribution in [0.4, 0.5) is 0 Å². The molecule has 1 aromatic rings. The lowest BCUT2D eigenvalue weighted by Gasteiger charge is -2.22. The minimum atomic E-state index is -1.45. The number of hydrogen-bond donors (Lipinski definition) is 2. The van der Waals surface area contributed by atoms with E-state index in [1.165, 1.54) is 0 Å². The molecule has 0 saturated heterocycles. The highest BCUT2D eigenvalue weighted by Gasteiger charge is 2.16. The Balaban J connectivity index is 2.94. The molecule has 0 saturated carbocycles. The van der Waals surface area contributed by atoms with Gasteiger partial charge in [0.1, 0.15) is 11.4 Å². The molecule has 0 aromatic heterocycles. The summed E-state index contributed by atoms with van der Waals surface area (Å²) in [6, 6.07) is 4.96. The van der Waals surface area contributed by atoms with Crippen LogP contribution < -0.4 is 10.2 Å². The number of rotatable bonds is 2. The summed E-state index contributed by atoms with van der Waals surface area (Å²) in [5.74, 6) is 0.687. The van der Waals surface area contributed by atoms with E-state index in [2.05, 4.69) is 15.9 Å². The molecule has 1 aromatic carbocycles.